The van der Waals surface area contributed by atoms with Gasteiger partial charge in [-0.3, -0.25) is 0 Å². The summed E-state index contributed by atoms with van der Waals surface area (Å²) in [5, 5.41) is 0. The number of esters is 1. The molecule has 0 aromatic heterocycles. The smallest absolute Gasteiger partial charge is 0.327 e. The molecular weight excluding hydrogens is 338 g/mol. The fourth-order valence-electron chi connectivity index (χ4n) is 4.01. The number of sulfonamides is 1. The molecular formula is C19H23NO4S. The van der Waals surface area contributed by atoms with Crippen molar-refractivity contribution in [2.75, 3.05) is 13.7 Å². The summed E-state index contributed by atoms with van der Waals surface area (Å²) in [4.78, 5) is 13.0. The average Bonchev–Trinajstić information content (AvgIpc) is 3.01. The number of ether oxygens (including phenoxy) is 1. The van der Waals surface area contributed by atoms with Gasteiger partial charge in [0.25, 0.3) is 0 Å². The molecule has 0 N–H and O–H groups in total. The van der Waals surface area contributed by atoms with Gasteiger partial charge < -0.3 is 4.74 Å². The number of allylic oxidation sites excluding steroid dienone is 1. The second kappa shape index (κ2) is 6.42. The van der Waals surface area contributed by atoms with Crippen LogP contribution in [0.5, 0.6) is 0 Å². The van der Waals surface area contributed by atoms with Crippen molar-refractivity contribution < 1.29 is 17.9 Å². The van der Waals surface area contributed by atoms with Crippen LogP contribution < -0.4 is 0 Å². The first-order chi connectivity index (χ1) is 11.9. The average molecular weight is 361 g/mol. The summed E-state index contributed by atoms with van der Waals surface area (Å²) in [6, 6.07) is 6.69. The normalized spacial score (nSPS) is 29.2. The molecule has 0 saturated heterocycles. The number of hydrogen-bond donors (Lipinski definition) is 0. The van der Waals surface area contributed by atoms with E-state index in [1.54, 1.807) is 30.3 Å². The maximum Gasteiger partial charge on any atom is 0.327 e. The Labute approximate surface area is 149 Å². The third-order valence-corrected chi connectivity index (χ3v) is 7.23. The van der Waals surface area contributed by atoms with E-state index in [-0.39, 0.29) is 23.3 Å². The molecule has 3 atom stereocenters. The molecule has 1 aromatic carbocycles. The van der Waals surface area contributed by atoms with E-state index in [1.165, 1.54) is 11.4 Å². The number of methoxy groups -OCH3 is 1. The molecule has 3 rings (SSSR count). The summed E-state index contributed by atoms with van der Waals surface area (Å²) in [5.41, 5.74) is -0.225. The third kappa shape index (κ3) is 2.73. The molecule has 1 fully saturated rings. The maximum absolute atomic E-state index is 13.3. The lowest BCUT2D eigenvalue weighted by molar-refractivity contribution is -0.153. The summed E-state index contributed by atoms with van der Waals surface area (Å²) in [7, 11) is -2.52. The van der Waals surface area contributed by atoms with E-state index in [0.29, 0.717) is 12.8 Å². The SMILES string of the molecule is C=C[C@H]1C[C@H]2C=CCN(S(=O)(=O)c3ccc(C)cc3)[C@@]2(C(=O)OC)C1. The Bertz CT molecular complexity index is 812. The molecule has 1 aliphatic carbocycles. The first-order valence-electron chi connectivity index (χ1n) is 8.33. The van der Waals surface area contributed by atoms with Crippen molar-refractivity contribution in [3.05, 3.63) is 54.6 Å². The topological polar surface area (TPSA) is 63.7 Å². The Balaban J connectivity index is 2.13. The van der Waals surface area contributed by atoms with Crippen LogP contribution in [0.1, 0.15) is 18.4 Å². The highest BCUT2D eigenvalue weighted by molar-refractivity contribution is 7.89. The van der Waals surface area contributed by atoms with Crippen LogP contribution in [-0.2, 0) is 19.6 Å². The molecule has 134 valence electrons. The molecule has 0 amide bonds. The maximum atomic E-state index is 13.3. The predicted octanol–water partition coefficient (Wildman–Crippen LogP) is 2.68. The third-order valence-electron chi connectivity index (χ3n) is 5.31. The largest absolute Gasteiger partial charge is 0.468 e. The molecule has 1 aromatic rings. The Morgan fingerprint density at radius 3 is 2.64 bits per heavy atom. The Kier molecular flexibility index (Phi) is 4.60. The van der Waals surface area contributed by atoms with Crippen LogP contribution in [-0.4, -0.2) is 37.9 Å². The van der Waals surface area contributed by atoms with Gasteiger partial charge in [-0.15, -0.1) is 6.58 Å². The van der Waals surface area contributed by atoms with E-state index in [4.69, 9.17) is 4.74 Å². The van der Waals surface area contributed by atoms with Crippen molar-refractivity contribution in [2.45, 2.75) is 30.2 Å². The Morgan fingerprint density at radius 2 is 2.04 bits per heavy atom. The number of benzene rings is 1. The molecule has 1 aliphatic heterocycles. The zero-order chi connectivity index (χ0) is 18.2. The van der Waals surface area contributed by atoms with Gasteiger partial charge in [0.2, 0.25) is 10.0 Å². The lowest BCUT2D eigenvalue weighted by Crippen LogP contribution is -2.60. The van der Waals surface area contributed by atoms with Crippen LogP contribution >= 0.6 is 0 Å². The fourth-order valence-corrected chi connectivity index (χ4v) is 5.74. The van der Waals surface area contributed by atoms with E-state index >= 15 is 0 Å². The minimum Gasteiger partial charge on any atom is -0.468 e. The number of carbonyl (C=O) groups is 1. The van der Waals surface area contributed by atoms with Crippen molar-refractivity contribution in [3.63, 3.8) is 0 Å². The number of aryl methyl sites for hydroxylation is 1. The fraction of sp³-hybridized carbons (Fsp3) is 0.421. The summed E-state index contributed by atoms with van der Waals surface area (Å²) in [5.74, 6) is -0.638. The van der Waals surface area contributed by atoms with Crippen molar-refractivity contribution >= 4 is 16.0 Å². The lowest BCUT2D eigenvalue weighted by Gasteiger charge is -2.42. The van der Waals surface area contributed by atoms with Gasteiger partial charge in [0.15, 0.2) is 0 Å². The van der Waals surface area contributed by atoms with E-state index in [2.05, 4.69) is 6.58 Å². The molecule has 1 saturated carbocycles. The van der Waals surface area contributed by atoms with Crippen molar-refractivity contribution in [1.29, 1.82) is 0 Å². The number of rotatable bonds is 4. The molecule has 0 unspecified atom stereocenters. The number of nitrogens with zero attached hydrogens (tertiary/aromatic N) is 1. The van der Waals surface area contributed by atoms with Crippen LogP contribution in [0, 0.1) is 18.8 Å². The number of hydrogen-bond acceptors (Lipinski definition) is 4. The molecule has 2 aliphatic rings. The molecule has 0 bridgehead atoms. The van der Waals surface area contributed by atoms with Crippen LogP contribution in [0.4, 0.5) is 0 Å². The van der Waals surface area contributed by atoms with Crippen LogP contribution in [0.25, 0.3) is 0 Å². The molecule has 0 radical (unpaired) electrons. The summed E-state index contributed by atoms with van der Waals surface area (Å²) < 4.78 is 33.0. The van der Waals surface area contributed by atoms with E-state index in [9.17, 15) is 13.2 Å². The summed E-state index contributed by atoms with van der Waals surface area (Å²) in [6.45, 7) is 5.89. The van der Waals surface area contributed by atoms with E-state index in [1.807, 2.05) is 19.1 Å². The van der Waals surface area contributed by atoms with Crippen molar-refractivity contribution in [1.82, 2.24) is 4.31 Å². The number of carbonyl (C=O) groups excluding carboxylic acids is 1. The van der Waals surface area contributed by atoms with Gasteiger partial charge in [0.1, 0.15) is 5.54 Å². The number of fused-ring (bicyclic) bond motifs is 1. The van der Waals surface area contributed by atoms with E-state index in [0.717, 1.165) is 5.56 Å². The van der Waals surface area contributed by atoms with Gasteiger partial charge in [0.05, 0.1) is 12.0 Å². The predicted molar refractivity (Wildman–Crippen MR) is 95.4 cm³/mol. The molecule has 5 nitrogen and oxygen atoms in total. The highest BCUT2D eigenvalue weighted by Gasteiger charge is 2.60. The van der Waals surface area contributed by atoms with E-state index < -0.39 is 21.5 Å². The standard InChI is InChI=1S/C19H23NO4S/c1-4-15-12-16-6-5-11-20(19(16,13-15)18(21)24-3)25(22,23)17-9-7-14(2)8-10-17/h4-10,15-16H,1,11-13H2,2-3H3/t15-,16+,19-/m0/s1. The monoisotopic (exact) mass is 361 g/mol. The highest BCUT2D eigenvalue weighted by Crippen LogP contribution is 2.49. The zero-order valence-corrected chi connectivity index (χ0v) is 15.3. The lowest BCUT2D eigenvalue weighted by atomic mass is 9.84. The van der Waals surface area contributed by atoms with Gasteiger partial charge in [0, 0.05) is 12.5 Å². The minimum atomic E-state index is -3.83. The van der Waals surface area contributed by atoms with Crippen LogP contribution in [0.3, 0.4) is 0 Å². The summed E-state index contributed by atoms with van der Waals surface area (Å²) >= 11 is 0. The van der Waals surface area contributed by atoms with Crippen LogP contribution in [0.2, 0.25) is 0 Å². The zero-order valence-electron chi connectivity index (χ0n) is 14.5. The van der Waals surface area contributed by atoms with Gasteiger partial charge >= 0.3 is 5.97 Å². The van der Waals surface area contributed by atoms with Gasteiger partial charge in [-0.2, -0.15) is 4.31 Å². The minimum absolute atomic E-state index is 0.0718. The van der Waals surface area contributed by atoms with Crippen molar-refractivity contribution in [3.8, 4) is 0 Å². The Morgan fingerprint density at radius 1 is 1.36 bits per heavy atom. The van der Waals surface area contributed by atoms with Gasteiger partial charge in [-0.25, -0.2) is 13.2 Å². The van der Waals surface area contributed by atoms with Crippen LogP contribution in [0.15, 0.2) is 54.0 Å². The second-order valence-corrected chi connectivity index (χ2v) is 8.60. The highest BCUT2D eigenvalue weighted by atomic mass is 32.2. The second-order valence-electron chi connectivity index (χ2n) is 6.74. The first-order valence-corrected chi connectivity index (χ1v) is 9.77. The molecule has 1 heterocycles. The molecule has 6 heteroatoms. The summed E-state index contributed by atoms with van der Waals surface area (Å²) in [6.07, 6.45) is 6.65. The molecule has 25 heavy (non-hydrogen) atoms. The van der Waals surface area contributed by atoms with Gasteiger partial charge in [-0.05, 0) is 37.8 Å². The Hall–Kier alpha value is -1.92. The van der Waals surface area contributed by atoms with Crippen molar-refractivity contribution in [2.24, 2.45) is 11.8 Å². The van der Waals surface area contributed by atoms with Gasteiger partial charge in [-0.1, -0.05) is 35.9 Å². The molecule has 0 spiro atoms. The quantitative estimate of drug-likeness (QED) is 0.611. The first kappa shape index (κ1) is 17.9.